The number of Topliss-reactive ketones (excluding diaryl/α,β-unsaturated/α-hetero) is 2. The molecule has 6 nitrogen and oxygen atoms in total. The number of hydrogen-bond donors (Lipinski definition) is 0. The molecule has 2 aromatic carbocycles. The van der Waals surface area contributed by atoms with Gasteiger partial charge in [-0.2, -0.15) is 0 Å². The monoisotopic (exact) mass is 542 g/mol. The number of rotatable bonds is 7. The Bertz CT molecular complexity index is 1180. The first-order chi connectivity index (χ1) is 19.7. The van der Waals surface area contributed by atoms with Gasteiger partial charge in [0.15, 0.2) is 0 Å². The van der Waals surface area contributed by atoms with E-state index in [2.05, 4.69) is 43.9 Å². The average Bonchev–Trinajstić information content (AvgIpc) is 3.43. The van der Waals surface area contributed by atoms with Crippen molar-refractivity contribution in [2.75, 3.05) is 72.0 Å². The fourth-order valence-corrected chi connectivity index (χ4v) is 7.16. The van der Waals surface area contributed by atoms with E-state index in [0.29, 0.717) is 11.1 Å². The van der Waals surface area contributed by atoms with E-state index in [1.807, 2.05) is 12.1 Å². The Morgan fingerprint density at radius 3 is 1.07 bits per heavy atom. The number of carbonyl (C=O) groups excluding carboxylic acids is 2. The van der Waals surface area contributed by atoms with Crippen molar-refractivity contribution in [3.63, 3.8) is 0 Å². The van der Waals surface area contributed by atoms with Crippen molar-refractivity contribution in [1.82, 2.24) is 0 Å². The molecule has 6 rings (SSSR count). The second-order valence-electron chi connectivity index (χ2n) is 12.3. The molecule has 0 saturated carbocycles. The summed E-state index contributed by atoms with van der Waals surface area (Å²) in [4.78, 5) is 37.8. The predicted molar refractivity (Wildman–Crippen MR) is 166 cm³/mol. The van der Waals surface area contributed by atoms with Crippen LogP contribution in [0.5, 0.6) is 0 Å². The van der Waals surface area contributed by atoms with E-state index in [0.717, 1.165) is 89.4 Å². The molecule has 0 radical (unpaired) electrons. The molecule has 4 aliphatic rings. The molecule has 0 N–H and O–H groups in total. The molecule has 40 heavy (non-hydrogen) atoms. The molecule has 0 amide bonds. The van der Waals surface area contributed by atoms with E-state index >= 15 is 0 Å². The third-order valence-corrected chi connectivity index (χ3v) is 9.49. The summed E-state index contributed by atoms with van der Waals surface area (Å²) in [6.07, 6.45) is 14.4. The molecule has 0 aromatic heterocycles. The quantitative estimate of drug-likeness (QED) is 0.286. The van der Waals surface area contributed by atoms with Crippen LogP contribution < -0.4 is 19.6 Å². The number of anilines is 4. The number of nitrogens with zero attached hydrogens (tertiary/aromatic N) is 4. The Morgan fingerprint density at radius 1 is 0.400 bits per heavy atom. The fraction of sp³-hybridized carbons (Fsp3) is 0.588. The number of ketones is 2. The average molecular weight is 543 g/mol. The van der Waals surface area contributed by atoms with Gasteiger partial charge in [0, 0.05) is 74.9 Å². The zero-order valence-electron chi connectivity index (χ0n) is 24.2. The normalized spacial score (nSPS) is 20.5. The minimum absolute atomic E-state index is 0.365. The maximum absolute atomic E-state index is 14.1. The molecular weight excluding hydrogens is 496 g/mol. The fourth-order valence-electron chi connectivity index (χ4n) is 7.16. The van der Waals surface area contributed by atoms with Crippen LogP contribution in [0.25, 0.3) is 0 Å². The third-order valence-electron chi connectivity index (χ3n) is 9.49. The first-order valence-corrected chi connectivity index (χ1v) is 16.1. The summed E-state index contributed by atoms with van der Waals surface area (Å²) in [6.45, 7) is 8.04. The molecule has 0 unspecified atom stereocenters. The Hall–Kier alpha value is -3.02. The van der Waals surface area contributed by atoms with Crippen LogP contribution >= 0.6 is 0 Å². The van der Waals surface area contributed by atoms with Crippen molar-refractivity contribution in [3.8, 4) is 0 Å². The Kier molecular flexibility index (Phi) is 8.59. The lowest BCUT2D eigenvalue weighted by Crippen LogP contribution is -2.31. The topological polar surface area (TPSA) is 47.1 Å². The van der Waals surface area contributed by atoms with Gasteiger partial charge in [-0.25, -0.2) is 0 Å². The summed E-state index contributed by atoms with van der Waals surface area (Å²) in [5, 5.41) is 0. The SMILES string of the molecule is O=C(C(=O)c1ccc(N2CCCCC2)cc1N1CCCC1)c1ccc(N2CCCCC2)cc1N1CCCCCC1. The molecule has 214 valence electrons. The van der Waals surface area contributed by atoms with Gasteiger partial charge in [-0.05, 0) is 101 Å². The molecule has 4 aliphatic heterocycles. The van der Waals surface area contributed by atoms with Gasteiger partial charge in [0.1, 0.15) is 0 Å². The minimum Gasteiger partial charge on any atom is -0.371 e. The Balaban J connectivity index is 1.34. The molecule has 2 aromatic rings. The van der Waals surface area contributed by atoms with Gasteiger partial charge in [0.2, 0.25) is 11.6 Å². The highest BCUT2D eigenvalue weighted by Gasteiger charge is 2.29. The second-order valence-corrected chi connectivity index (χ2v) is 12.3. The van der Waals surface area contributed by atoms with Crippen LogP contribution in [0, 0.1) is 0 Å². The van der Waals surface area contributed by atoms with Gasteiger partial charge in [-0.3, -0.25) is 9.59 Å². The molecule has 0 spiro atoms. The van der Waals surface area contributed by atoms with Crippen LogP contribution in [0.3, 0.4) is 0 Å². The number of piperidine rings is 2. The van der Waals surface area contributed by atoms with Crippen molar-refractivity contribution in [1.29, 1.82) is 0 Å². The van der Waals surface area contributed by atoms with Crippen molar-refractivity contribution < 1.29 is 9.59 Å². The van der Waals surface area contributed by atoms with Crippen LogP contribution in [0.15, 0.2) is 36.4 Å². The molecule has 4 heterocycles. The summed E-state index contributed by atoms with van der Waals surface area (Å²) in [6, 6.07) is 12.4. The van der Waals surface area contributed by atoms with Gasteiger partial charge in [0.05, 0.1) is 11.4 Å². The van der Waals surface area contributed by atoms with Crippen LogP contribution in [0.2, 0.25) is 0 Å². The van der Waals surface area contributed by atoms with Gasteiger partial charge in [-0.15, -0.1) is 0 Å². The summed E-state index contributed by atoms with van der Waals surface area (Å²) >= 11 is 0. The Morgan fingerprint density at radius 2 is 0.700 bits per heavy atom. The molecule has 0 bridgehead atoms. The molecule has 4 fully saturated rings. The van der Waals surface area contributed by atoms with Crippen LogP contribution in [-0.2, 0) is 0 Å². The van der Waals surface area contributed by atoms with E-state index in [4.69, 9.17) is 0 Å². The molecular formula is C34H46N4O2. The number of hydrogen-bond acceptors (Lipinski definition) is 6. The second kappa shape index (κ2) is 12.7. The molecule has 6 heteroatoms. The smallest absolute Gasteiger partial charge is 0.235 e. The summed E-state index contributed by atoms with van der Waals surface area (Å²) < 4.78 is 0. The van der Waals surface area contributed by atoms with Crippen LogP contribution in [0.4, 0.5) is 22.7 Å². The van der Waals surface area contributed by atoms with E-state index in [9.17, 15) is 9.59 Å². The van der Waals surface area contributed by atoms with Crippen molar-refractivity contribution in [2.24, 2.45) is 0 Å². The zero-order valence-corrected chi connectivity index (χ0v) is 24.2. The van der Waals surface area contributed by atoms with Crippen molar-refractivity contribution in [2.45, 2.75) is 77.0 Å². The number of carbonyl (C=O) groups is 2. The van der Waals surface area contributed by atoms with Gasteiger partial charge in [-0.1, -0.05) is 12.8 Å². The largest absolute Gasteiger partial charge is 0.371 e. The lowest BCUT2D eigenvalue weighted by Gasteiger charge is -2.32. The van der Waals surface area contributed by atoms with E-state index in [1.165, 1.54) is 62.7 Å². The maximum atomic E-state index is 14.1. The highest BCUT2D eigenvalue weighted by molar-refractivity contribution is 6.51. The van der Waals surface area contributed by atoms with Crippen LogP contribution in [-0.4, -0.2) is 63.9 Å². The first-order valence-electron chi connectivity index (χ1n) is 16.1. The van der Waals surface area contributed by atoms with Crippen LogP contribution in [0.1, 0.15) is 97.8 Å². The van der Waals surface area contributed by atoms with Gasteiger partial charge in [0.25, 0.3) is 0 Å². The predicted octanol–water partition coefficient (Wildman–Crippen LogP) is 6.71. The summed E-state index contributed by atoms with van der Waals surface area (Å²) in [5.74, 6) is -0.732. The molecule has 0 aliphatic carbocycles. The summed E-state index contributed by atoms with van der Waals surface area (Å²) in [7, 11) is 0. The van der Waals surface area contributed by atoms with Crippen molar-refractivity contribution >= 4 is 34.3 Å². The van der Waals surface area contributed by atoms with E-state index in [-0.39, 0.29) is 11.6 Å². The van der Waals surface area contributed by atoms with Gasteiger partial charge >= 0.3 is 0 Å². The Labute approximate surface area is 240 Å². The number of benzene rings is 2. The van der Waals surface area contributed by atoms with Gasteiger partial charge < -0.3 is 19.6 Å². The highest BCUT2D eigenvalue weighted by Crippen LogP contribution is 2.35. The standard InChI is InChI=1S/C34H46N4O2/c39-33(29-15-13-27(35-17-7-3-8-18-35)25-31(29)37-21-5-1-2-6-22-37)34(40)30-16-14-28(36-19-9-4-10-20-36)26-32(30)38-23-11-12-24-38/h13-16,25-26H,1-12,17-24H2. The maximum Gasteiger partial charge on any atom is 0.235 e. The van der Waals surface area contributed by atoms with E-state index < -0.39 is 0 Å². The zero-order chi connectivity index (χ0) is 27.3. The molecule has 0 atom stereocenters. The first kappa shape index (κ1) is 27.2. The minimum atomic E-state index is -0.367. The lowest BCUT2D eigenvalue weighted by atomic mass is 9.96. The molecule has 4 saturated heterocycles. The van der Waals surface area contributed by atoms with E-state index in [1.54, 1.807) is 0 Å². The van der Waals surface area contributed by atoms with Crippen molar-refractivity contribution in [3.05, 3.63) is 47.5 Å². The highest BCUT2D eigenvalue weighted by atomic mass is 16.2. The third kappa shape index (κ3) is 5.87. The lowest BCUT2D eigenvalue weighted by molar-refractivity contribution is 0.0817. The summed E-state index contributed by atoms with van der Waals surface area (Å²) in [5.41, 5.74) is 5.40.